The first-order chi connectivity index (χ1) is 9.72. The molecule has 3 nitrogen and oxygen atoms in total. The van der Waals surface area contributed by atoms with E-state index in [9.17, 15) is 27.5 Å². The highest BCUT2D eigenvalue weighted by Gasteiger charge is 2.38. The number of thioether (sulfide) groups is 1. The van der Waals surface area contributed by atoms with Crippen LogP contribution in [0.4, 0.5) is 23.2 Å². The van der Waals surface area contributed by atoms with Gasteiger partial charge in [0, 0.05) is 0 Å². The molecule has 1 fully saturated rings. The average molecular weight is 323 g/mol. The number of hydrogen-bond acceptors (Lipinski definition) is 3. The highest BCUT2D eigenvalue weighted by molar-refractivity contribution is 7.99. The van der Waals surface area contributed by atoms with Gasteiger partial charge >= 0.3 is 6.18 Å². The van der Waals surface area contributed by atoms with Crippen molar-refractivity contribution in [3.05, 3.63) is 29.6 Å². The van der Waals surface area contributed by atoms with E-state index >= 15 is 0 Å². The summed E-state index contributed by atoms with van der Waals surface area (Å²) in [5.41, 5.74) is -3.31. The van der Waals surface area contributed by atoms with Crippen LogP contribution in [-0.2, 0) is 11.0 Å². The number of aliphatic hydroxyl groups is 1. The molecule has 116 valence electrons. The summed E-state index contributed by atoms with van der Waals surface area (Å²) in [7, 11) is 0. The third kappa shape index (κ3) is 3.68. The molecule has 0 aliphatic carbocycles. The fourth-order valence-corrected chi connectivity index (χ4v) is 3.14. The molecule has 0 saturated carbocycles. The summed E-state index contributed by atoms with van der Waals surface area (Å²) in [5, 5.41) is 12.2. The summed E-state index contributed by atoms with van der Waals surface area (Å²) < 4.78 is 51.3. The lowest BCUT2D eigenvalue weighted by atomic mass is 9.95. The molecule has 1 amide bonds. The number of amides is 1. The Labute approximate surface area is 122 Å². The summed E-state index contributed by atoms with van der Waals surface area (Å²) in [6.07, 6.45) is -4.26. The lowest BCUT2D eigenvalue weighted by Crippen LogP contribution is -2.45. The molecule has 1 aromatic rings. The molecule has 2 rings (SSSR count). The Morgan fingerprint density at radius 1 is 1.29 bits per heavy atom. The van der Waals surface area contributed by atoms with Gasteiger partial charge in [-0.25, -0.2) is 4.39 Å². The summed E-state index contributed by atoms with van der Waals surface area (Å²) in [4.78, 5) is 12.0. The summed E-state index contributed by atoms with van der Waals surface area (Å²) >= 11 is 1.57. The molecule has 0 unspecified atom stereocenters. The Balaban J connectivity index is 2.20. The van der Waals surface area contributed by atoms with Crippen LogP contribution in [0.2, 0.25) is 0 Å². The van der Waals surface area contributed by atoms with E-state index in [0.29, 0.717) is 29.7 Å². The largest absolute Gasteiger partial charge is 0.416 e. The molecule has 1 aromatic carbocycles. The van der Waals surface area contributed by atoms with Crippen molar-refractivity contribution in [2.75, 3.05) is 16.8 Å². The van der Waals surface area contributed by atoms with E-state index < -0.39 is 34.8 Å². The molecule has 21 heavy (non-hydrogen) atoms. The Kier molecular flexibility index (Phi) is 4.48. The summed E-state index contributed by atoms with van der Waals surface area (Å²) in [6, 6.07) is 1.75. The molecule has 0 spiro atoms. The predicted octanol–water partition coefficient (Wildman–Crippen LogP) is 3.04. The van der Waals surface area contributed by atoms with E-state index in [1.807, 2.05) is 0 Å². The van der Waals surface area contributed by atoms with Gasteiger partial charge in [0.1, 0.15) is 11.4 Å². The third-order valence-corrected chi connectivity index (χ3v) is 4.27. The quantitative estimate of drug-likeness (QED) is 0.823. The van der Waals surface area contributed by atoms with Crippen LogP contribution in [0.3, 0.4) is 0 Å². The Hall–Kier alpha value is -1.28. The minimum absolute atomic E-state index is 0.185. The molecular formula is C13H13F4NO2S. The van der Waals surface area contributed by atoms with Crippen molar-refractivity contribution in [1.29, 1.82) is 0 Å². The average Bonchev–Trinajstić information content (AvgIpc) is 2.40. The second-order valence-corrected chi connectivity index (χ2v) is 6.02. The van der Waals surface area contributed by atoms with Crippen LogP contribution >= 0.6 is 11.8 Å². The summed E-state index contributed by atoms with van der Waals surface area (Å²) in [6.45, 7) is 0. The number of carbonyl (C=O) groups excluding carboxylic acids is 1. The standard InChI is InChI=1S/C13H13F4NO2S/c14-9-2-1-8(13(15,16)17)7-10(9)18-11(19)12(20)3-5-21-6-4-12/h1-2,7,20H,3-6H2,(H,18,19). The van der Waals surface area contributed by atoms with E-state index in [1.165, 1.54) is 0 Å². The first kappa shape index (κ1) is 16.1. The first-order valence-electron chi connectivity index (χ1n) is 6.21. The third-order valence-electron chi connectivity index (χ3n) is 3.28. The molecule has 8 heteroatoms. The van der Waals surface area contributed by atoms with Crippen LogP contribution in [0, 0.1) is 5.82 Å². The van der Waals surface area contributed by atoms with Gasteiger partial charge in [0.05, 0.1) is 11.3 Å². The van der Waals surface area contributed by atoms with Crippen LogP contribution < -0.4 is 5.32 Å². The van der Waals surface area contributed by atoms with Gasteiger partial charge in [-0.05, 0) is 42.5 Å². The second-order valence-electron chi connectivity index (χ2n) is 4.79. The topological polar surface area (TPSA) is 49.3 Å². The van der Waals surface area contributed by atoms with Crippen LogP contribution in [0.25, 0.3) is 0 Å². The minimum atomic E-state index is -4.63. The SMILES string of the molecule is O=C(Nc1cc(C(F)(F)F)ccc1F)C1(O)CCSCC1. The first-order valence-corrected chi connectivity index (χ1v) is 7.36. The lowest BCUT2D eigenvalue weighted by molar-refractivity contribution is -0.138. The van der Waals surface area contributed by atoms with Gasteiger partial charge in [0.2, 0.25) is 0 Å². The monoisotopic (exact) mass is 323 g/mol. The zero-order valence-electron chi connectivity index (χ0n) is 10.8. The molecule has 1 aliphatic rings. The molecule has 1 heterocycles. The number of carbonyl (C=O) groups is 1. The van der Waals surface area contributed by atoms with Crippen molar-refractivity contribution in [2.45, 2.75) is 24.6 Å². The Morgan fingerprint density at radius 2 is 1.90 bits per heavy atom. The maximum absolute atomic E-state index is 13.5. The van der Waals surface area contributed by atoms with Gasteiger partial charge in [-0.2, -0.15) is 24.9 Å². The number of rotatable bonds is 2. The van der Waals surface area contributed by atoms with Crippen molar-refractivity contribution in [1.82, 2.24) is 0 Å². The molecule has 0 bridgehead atoms. The number of nitrogens with one attached hydrogen (secondary N) is 1. The fraction of sp³-hybridized carbons (Fsp3) is 0.462. The van der Waals surface area contributed by atoms with Crippen molar-refractivity contribution in [2.24, 2.45) is 0 Å². The normalized spacial score (nSPS) is 18.3. The zero-order chi connectivity index (χ0) is 15.7. The smallest absolute Gasteiger partial charge is 0.380 e. The number of alkyl halides is 3. The maximum atomic E-state index is 13.5. The van der Waals surface area contributed by atoms with E-state index in [-0.39, 0.29) is 12.8 Å². The van der Waals surface area contributed by atoms with Crippen molar-refractivity contribution >= 4 is 23.4 Å². The maximum Gasteiger partial charge on any atom is 0.416 e. The molecule has 0 atom stereocenters. The molecular weight excluding hydrogens is 310 g/mol. The van der Waals surface area contributed by atoms with Crippen LogP contribution in [0.15, 0.2) is 18.2 Å². The van der Waals surface area contributed by atoms with E-state index in [4.69, 9.17) is 0 Å². The Bertz CT molecular complexity index is 541. The van der Waals surface area contributed by atoms with Gasteiger partial charge in [0.15, 0.2) is 0 Å². The van der Waals surface area contributed by atoms with Gasteiger partial charge in [-0.15, -0.1) is 0 Å². The van der Waals surface area contributed by atoms with E-state index in [1.54, 1.807) is 11.8 Å². The molecule has 0 radical (unpaired) electrons. The second kappa shape index (κ2) is 5.84. The highest BCUT2D eigenvalue weighted by atomic mass is 32.2. The van der Waals surface area contributed by atoms with Gasteiger partial charge in [0.25, 0.3) is 5.91 Å². The summed E-state index contributed by atoms with van der Waals surface area (Å²) in [5.74, 6) is -0.726. The number of benzene rings is 1. The van der Waals surface area contributed by atoms with Crippen LogP contribution in [0.1, 0.15) is 18.4 Å². The van der Waals surface area contributed by atoms with Crippen molar-refractivity contribution < 1.29 is 27.5 Å². The van der Waals surface area contributed by atoms with E-state index in [2.05, 4.69) is 5.32 Å². The molecule has 0 aromatic heterocycles. The van der Waals surface area contributed by atoms with Crippen molar-refractivity contribution in [3.8, 4) is 0 Å². The van der Waals surface area contributed by atoms with Gasteiger partial charge in [-0.1, -0.05) is 0 Å². The minimum Gasteiger partial charge on any atom is -0.380 e. The van der Waals surface area contributed by atoms with Crippen LogP contribution in [-0.4, -0.2) is 28.1 Å². The zero-order valence-corrected chi connectivity index (χ0v) is 11.7. The molecule has 2 N–H and O–H groups in total. The van der Waals surface area contributed by atoms with Gasteiger partial charge in [-0.3, -0.25) is 4.79 Å². The molecule has 1 saturated heterocycles. The predicted molar refractivity (Wildman–Crippen MR) is 71.5 cm³/mol. The highest BCUT2D eigenvalue weighted by Crippen LogP contribution is 2.33. The van der Waals surface area contributed by atoms with Crippen molar-refractivity contribution in [3.63, 3.8) is 0 Å². The lowest BCUT2D eigenvalue weighted by Gasteiger charge is -2.30. The van der Waals surface area contributed by atoms with E-state index in [0.717, 1.165) is 0 Å². The fourth-order valence-electron chi connectivity index (χ4n) is 1.97. The van der Waals surface area contributed by atoms with Crippen LogP contribution in [0.5, 0.6) is 0 Å². The molecule has 1 aliphatic heterocycles. The number of anilines is 1. The van der Waals surface area contributed by atoms with Gasteiger partial charge < -0.3 is 10.4 Å². The Morgan fingerprint density at radius 3 is 2.48 bits per heavy atom. The number of hydrogen-bond donors (Lipinski definition) is 2. The number of halogens is 4.